The Hall–Kier alpha value is -3.41. The molecular formula is C19H12F2N4. The molecule has 4 rings (SSSR count). The summed E-state index contributed by atoms with van der Waals surface area (Å²) in [6.07, 6.45) is 1.34. The van der Waals surface area contributed by atoms with E-state index in [1.54, 1.807) is 24.3 Å². The first kappa shape index (κ1) is 15.1. The summed E-state index contributed by atoms with van der Waals surface area (Å²) in [5.41, 5.74) is 9.30. The molecule has 4 nitrogen and oxygen atoms in total. The molecule has 6 heteroatoms. The summed E-state index contributed by atoms with van der Waals surface area (Å²) in [6, 6.07) is 13.9. The first-order valence-corrected chi connectivity index (χ1v) is 7.55. The molecule has 0 saturated carbocycles. The molecule has 25 heavy (non-hydrogen) atoms. The second kappa shape index (κ2) is 5.90. The second-order valence-electron chi connectivity index (χ2n) is 5.53. The highest BCUT2D eigenvalue weighted by atomic mass is 19.1. The fourth-order valence-corrected chi connectivity index (χ4v) is 2.71. The lowest BCUT2D eigenvalue weighted by Crippen LogP contribution is -1.98. The van der Waals surface area contributed by atoms with Crippen molar-refractivity contribution in [2.75, 3.05) is 5.73 Å². The number of anilines is 1. The van der Waals surface area contributed by atoms with Gasteiger partial charge in [0, 0.05) is 5.56 Å². The summed E-state index contributed by atoms with van der Waals surface area (Å²) in [6.45, 7) is 0. The van der Waals surface area contributed by atoms with Gasteiger partial charge in [-0.25, -0.2) is 23.7 Å². The molecule has 2 aromatic carbocycles. The first-order chi connectivity index (χ1) is 12.1. The maximum absolute atomic E-state index is 13.3. The van der Waals surface area contributed by atoms with Gasteiger partial charge in [-0.2, -0.15) is 0 Å². The van der Waals surface area contributed by atoms with Crippen LogP contribution in [0.1, 0.15) is 0 Å². The van der Waals surface area contributed by atoms with Crippen LogP contribution in [0.25, 0.3) is 33.4 Å². The predicted octanol–water partition coefficient (Wildman–Crippen LogP) is 4.22. The Morgan fingerprint density at radius 2 is 1.36 bits per heavy atom. The lowest BCUT2D eigenvalue weighted by Gasteiger charge is -2.11. The number of hydrogen-bond donors (Lipinski definition) is 1. The molecule has 0 unspecified atom stereocenters. The molecule has 0 fully saturated rings. The van der Waals surface area contributed by atoms with Gasteiger partial charge < -0.3 is 5.73 Å². The van der Waals surface area contributed by atoms with Crippen LogP contribution in [-0.4, -0.2) is 15.0 Å². The summed E-state index contributed by atoms with van der Waals surface area (Å²) in [4.78, 5) is 12.7. The quantitative estimate of drug-likeness (QED) is 0.596. The number of fused-ring (bicyclic) bond motifs is 1. The molecule has 0 radical (unpaired) electrons. The van der Waals surface area contributed by atoms with Crippen molar-refractivity contribution in [1.82, 2.24) is 15.0 Å². The van der Waals surface area contributed by atoms with E-state index in [0.29, 0.717) is 22.5 Å². The van der Waals surface area contributed by atoms with Crippen molar-refractivity contribution in [2.45, 2.75) is 0 Å². The highest BCUT2D eigenvalue weighted by Crippen LogP contribution is 2.33. The highest BCUT2D eigenvalue weighted by molar-refractivity contribution is 6.00. The van der Waals surface area contributed by atoms with Crippen LogP contribution in [0.4, 0.5) is 14.6 Å². The lowest BCUT2D eigenvalue weighted by molar-refractivity contribution is 0.627. The molecule has 0 atom stereocenters. The molecule has 2 heterocycles. The normalized spacial score (nSPS) is 11.0. The summed E-state index contributed by atoms with van der Waals surface area (Å²) in [7, 11) is 0. The molecule has 0 amide bonds. The molecule has 122 valence electrons. The standard InChI is InChI=1S/C19H12F2N4/c20-13-5-1-11(2-6-13)15-9-16(12-3-7-14(21)8-4-12)25-19-17(15)18(22)23-10-24-19/h1-10H,(H2,22,23,24,25). The third kappa shape index (κ3) is 2.78. The van der Waals surface area contributed by atoms with E-state index < -0.39 is 0 Å². The van der Waals surface area contributed by atoms with Gasteiger partial charge in [-0.1, -0.05) is 12.1 Å². The van der Waals surface area contributed by atoms with Crippen molar-refractivity contribution in [3.8, 4) is 22.4 Å². The minimum atomic E-state index is -0.329. The Morgan fingerprint density at radius 1 is 0.760 bits per heavy atom. The zero-order valence-electron chi connectivity index (χ0n) is 12.9. The number of aromatic nitrogens is 3. The van der Waals surface area contributed by atoms with Gasteiger partial charge in [-0.05, 0) is 53.6 Å². The Kier molecular flexibility index (Phi) is 3.57. The van der Waals surface area contributed by atoms with E-state index in [2.05, 4.69) is 15.0 Å². The first-order valence-electron chi connectivity index (χ1n) is 7.55. The molecule has 2 N–H and O–H groups in total. The van der Waals surface area contributed by atoms with Crippen LogP contribution in [0.15, 0.2) is 60.9 Å². The van der Waals surface area contributed by atoms with E-state index in [4.69, 9.17) is 5.73 Å². The van der Waals surface area contributed by atoms with Crippen LogP contribution in [0.5, 0.6) is 0 Å². The van der Waals surface area contributed by atoms with E-state index in [0.717, 1.165) is 16.7 Å². The van der Waals surface area contributed by atoms with E-state index in [1.165, 1.54) is 30.6 Å². The average Bonchev–Trinajstić information content (AvgIpc) is 2.62. The predicted molar refractivity (Wildman–Crippen MR) is 92.5 cm³/mol. The van der Waals surface area contributed by atoms with Crippen LogP contribution < -0.4 is 5.73 Å². The van der Waals surface area contributed by atoms with Crippen LogP contribution in [0.3, 0.4) is 0 Å². The van der Waals surface area contributed by atoms with Crippen molar-refractivity contribution in [2.24, 2.45) is 0 Å². The van der Waals surface area contributed by atoms with Gasteiger partial charge in [0.05, 0.1) is 11.1 Å². The van der Waals surface area contributed by atoms with Gasteiger partial charge in [-0.3, -0.25) is 0 Å². The summed E-state index contributed by atoms with van der Waals surface area (Å²) in [5, 5.41) is 0.597. The number of rotatable bonds is 2. The number of nitrogens with two attached hydrogens (primary N) is 1. The fraction of sp³-hybridized carbons (Fsp3) is 0. The van der Waals surface area contributed by atoms with Gasteiger partial charge in [0.15, 0.2) is 5.65 Å². The summed E-state index contributed by atoms with van der Waals surface area (Å²) in [5.74, 6) is -0.359. The van der Waals surface area contributed by atoms with Crippen molar-refractivity contribution in [1.29, 1.82) is 0 Å². The summed E-state index contributed by atoms with van der Waals surface area (Å²) < 4.78 is 26.5. The maximum Gasteiger partial charge on any atom is 0.165 e. The molecule has 4 aromatic rings. The maximum atomic E-state index is 13.3. The summed E-state index contributed by atoms with van der Waals surface area (Å²) >= 11 is 0. The van der Waals surface area contributed by atoms with E-state index >= 15 is 0 Å². The fourth-order valence-electron chi connectivity index (χ4n) is 2.71. The number of hydrogen-bond acceptors (Lipinski definition) is 4. The molecule has 0 saturated heterocycles. The third-order valence-corrected chi connectivity index (χ3v) is 3.93. The van der Waals surface area contributed by atoms with Crippen LogP contribution in [-0.2, 0) is 0 Å². The third-order valence-electron chi connectivity index (χ3n) is 3.93. The Morgan fingerprint density at radius 3 is 2.00 bits per heavy atom. The van der Waals surface area contributed by atoms with Gasteiger partial charge in [0.1, 0.15) is 23.8 Å². The largest absolute Gasteiger partial charge is 0.383 e. The van der Waals surface area contributed by atoms with Gasteiger partial charge in [0.2, 0.25) is 0 Å². The minimum absolute atomic E-state index is 0.294. The minimum Gasteiger partial charge on any atom is -0.383 e. The molecule has 0 spiro atoms. The van der Waals surface area contributed by atoms with E-state index in [1.807, 2.05) is 6.07 Å². The van der Waals surface area contributed by atoms with Gasteiger partial charge in [-0.15, -0.1) is 0 Å². The Balaban J connectivity index is 2.01. The number of halogens is 2. The van der Waals surface area contributed by atoms with Crippen LogP contribution in [0.2, 0.25) is 0 Å². The van der Waals surface area contributed by atoms with Crippen LogP contribution >= 0.6 is 0 Å². The number of benzene rings is 2. The SMILES string of the molecule is Nc1ncnc2nc(-c3ccc(F)cc3)cc(-c3ccc(F)cc3)c12. The van der Waals surface area contributed by atoms with Crippen molar-refractivity contribution in [3.63, 3.8) is 0 Å². The average molecular weight is 334 g/mol. The number of nitrogen functional groups attached to an aromatic ring is 1. The number of pyridine rings is 1. The van der Waals surface area contributed by atoms with Crippen LogP contribution in [0, 0.1) is 11.6 Å². The zero-order chi connectivity index (χ0) is 17.4. The van der Waals surface area contributed by atoms with E-state index in [-0.39, 0.29) is 11.6 Å². The molecular weight excluding hydrogens is 322 g/mol. The van der Waals surface area contributed by atoms with Crippen molar-refractivity contribution in [3.05, 3.63) is 72.6 Å². The monoisotopic (exact) mass is 334 g/mol. The molecule has 2 aromatic heterocycles. The molecule has 0 bridgehead atoms. The molecule has 0 aliphatic heterocycles. The molecule has 0 aliphatic rings. The van der Waals surface area contributed by atoms with Crippen molar-refractivity contribution < 1.29 is 8.78 Å². The second-order valence-corrected chi connectivity index (χ2v) is 5.53. The Bertz CT molecular complexity index is 1060. The lowest BCUT2D eigenvalue weighted by atomic mass is 10.00. The highest BCUT2D eigenvalue weighted by Gasteiger charge is 2.13. The smallest absolute Gasteiger partial charge is 0.165 e. The van der Waals surface area contributed by atoms with Gasteiger partial charge >= 0.3 is 0 Å². The Labute approximate surface area is 142 Å². The zero-order valence-corrected chi connectivity index (χ0v) is 12.9. The number of nitrogens with zero attached hydrogens (tertiary/aromatic N) is 3. The molecule has 0 aliphatic carbocycles. The van der Waals surface area contributed by atoms with E-state index in [9.17, 15) is 8.78 Å². The topological polar surface area (TPSA) is 64.7 Å². The van der Waals surface area contributed by atoms with Gasteiger partial charge in [0.25, 0.3) is 0 Å². The van der Waals surface area contributed by atoms with Crippen molar-refractivity contribution >= 4 is 16.9 Å².